The molecule has 1 saturated heterocycles. The molecule has 5 nitrogen and oxygen atoms in total. The minimum Gasteiger partial charge on any atom is -0.494 e. The third-order valence-corrected chi connectivity index (χ3v) is 7.17. The molecule has 1 aliphatic carbocycles. The smallest absolute Gasteiger partial charge is 0.229 e. The SMILES string of the molecule is CCOc1ccc(C2CC(=O)N3CN(C4CCCCC4)CSC3=C2C#N)cc1. The monoisotopic (exact) mass is 397 g/mol. The zero-order valence-corrected chi connectivity index (χ0v) is 17.2. The number of fused-ring (bicyclic) bond motifs is 1. The zero-order valence-electron chi connectivity index (χ0n) is 16.4. The number of ether oxygens (including phenoxy) is 1. The van der Waals surface area contributed by atoms with E-state index in [1.165, 1.54) is 32.1 Å². The normalized spacial score (nSPS) is 24.1. The van der Waals surface area contributed by atoms with E-state index in [1.54, 1.807) is 11.8 Å². The topological polar surface area (TPSA) is 56.6 Å². The first-order valence-corrected chi connectivity index (χ1v) is 11.2. The molecule has 1 aromatic carbocycles. The molecule has 6 heteroatoms. The standard InChI is InChI=1S/C22H27N3O2S/c1-2-27-18-10-8-16(9-11-18)19-12-21(26)25-14-24(17-6-4-3-5-7-17)15-28-22(25)20(19)13-23/h8-11,17,19H,2-7,12,14-15H2,1H3. The number of rotatable bonds is 4. The van der Waals surface area contributed by atoms with Crippen LogP contribution in [0.25, 0.3) is 0 Å². The van der Waals surface area contributed by atoms with Crippen LogP contribution < -0.4 is 4.74 Å². The van der Waals surface area contributed by atoms with E-state index in [-0.39, 0.29) is 11.8 Å². The van der Waals surface area contributed by atoms with Gasteiger partial charge in [-0.15, -0.1) is 0 Å². The maximum atomic E-state index is 13.0. The summed E-state index contributed by atoms with van der Waals surface area (Å²) in [5, 5.41) is 10.8. The first kappa shape index (κ1) is 19.4. The van der Waals surface area contributed by atoms with Crippen LogP contribution in [0.5, 0.6) is 5.75 Å². The van der Waals surface area contributed by atoms with Gasteiger partial charge in [-0.05, 0) is 37.5 Å². The van der Waals surface area contributed by atoms with Gasteiger partial charge in [0.15, 0.2) is 0 Å². The van der Waals surface area contributed by atoms with Crippen molar-refractivity contribution >= 4 is 17.7 Å². The molecule has 3 aliphatic rings. The first-order valence-electron chi connectivity index (χ1n) is 10.3. The number of amides is 1. The van der Waals surface area contributed by atoms with E-state index in [9.17, 15) is 10.1 Å². The lowest BCUT2D eigenvalue weighted by atomic mass is 9.86. The van der Waals surface area contributed by atoms with Gasteiger partial charge in [-0.25, -0.2) is 0 Å². The Morgan fingerprint density at radius 3 is 2.64 bits per heavy atom. The van der Waals surface area contributed by atoms with Crippen molar-refractivity contribution in [1.82, 2.24) is 9.80 Å². The van der Waals surface area contributed by atoms with Crippen LogP contribution >= 0.6 is 11.8 Å². The van der Waals surface area contributed by atoms with Crippen LogP contribution in [-0.4, -0.2) is 40.9 Å². The van der Waals surface area contributed by atoms with Gasteiger partial charge in [0, 0.05) is 18.4 Å². The second-order valence-corrected chi connectivity index (χ2v) is 8.64. The second-order valence-electron chi connectivity index (χ2n) is 7.71. The molecule has 4 rings (SSSR count). The van der Waals surface area contributed by atoms with Gasteiger partial charge in [0.05, 0.1) is 35.8 Å². The molecule has 1 atom stereocenters. The fourth-order valence-electron chi connectivity index (χ4n) is 4.50. The Morgan fingerprint density at radius 2 is 1.96 bits per heavy atom. The number of allylic oxidation sites excluding steroid dienone is 1. The number of nitrogens with zero attached hydrogens (tertiary/aromatic N) is 3. The molecule has 1 amide bonds. The number of carbonyl (C=O) groups is 1. The van der Waals surface area contributed by atoms with Gasteiger partial charge in [0.25, 0.3) is 0 Å². The van der Waals surface area contributed by atoms with Crippen LogP contribution in [0.2, 0.25) is 0 Å². The average Bonchev–Trinajstić information content (AvgIpc) is 2.75. The van der Waals surface area contributed by atoms with Gasteiger partial charge >= 0.3 is 0 Å². The van der Waals surface area contributed by atoms with Crippen molar-refractivity contribution < 1.29 is 9.53 Å². The van der Waals surface area contributed by atoms with E-state index < -0.39 is 0 Å². The fourth-order valence-corrected chi connectivity index (χ4v) is 5.74. The number of hydrogen-bond acceptors (Lipinski definition) is 5. The van der Waals surface area contributed by atoms with E-state index >= 15 is 0 Å². The Bertz CT molecular complexity index is 793. The summed E-state index contributed by atoms with van der Waals surface area (Å²) < 4.78 is 5.52. The molecule has 1 unspecified atom stereocenters. The lowest BCUT2D eigenvalue weighted by Gasteiger charge is -2.44. The van der Waals surface area contributed by atoms with E-state index in [0.29, 0.717) is 25.7 Å². The van der Waals surface area contributed by atoms with Crippen LogP contribution in [-0.2, 0) is 4.79 Å². The highest BCUT2D eigenvalue weighted by Crippen LogP contribution is 2.43. The number of carbonyl (C=O) groups excluding carboxylic acids is 1. The van der Waals surface area contributed by atoms with E-state index in [2.05, 4.69) is 11.0 Å². The molecule has 0 radical (unpaired) electrons. The van der Waals surface area contributed by atoms with E-state index in [4.69, 9.17) is 4.74 Å². The Balaban J connectivity index is 1.57. The first-order chi connectivity index (χ1) is 13.7. The average molecular weight is 398 g/mol. The molecule has 0 N–H and O–H groups in total. The van der Waals surface area contributed by atoms with Crippen molar-refractivity contribution in [3.63, 3.8) is 0 Å². The lowest BCUT2D eigenvalue weighted by Crippen LogP contribution is -2.51. The predicted octanol–water partition coefficient (Wildman–Crippen LogP) is 4.43. The quantitative estimate of drug-likeness (QED) is 0.752. The van der Waals surface area contributed by atoms with Gasteiger partial charge in [0.1, 0.15) is 5.75 Å². The highest BCUT2D eigenvalue weighted by atomic mass is 32.2. The molecule has 0 aromatic heterocycles. The Morgan fingerprint density at radius 1 is 1.21 bits per heavy atom. The highest BCUT2D eigenvalue weighted by molar-refractivity contribution is 8.03. The van der Waals surface area contributed by atoms with Gasteiger partial charge in [-0.3, -0.25) is 14.6 Å². The molecular formula is C22H27N3O2S. The fraction of sp³-hybridized carbons (Fsp3) is 0.545. The molecule has 28 heavy (non-hydrogen) atoms. The van der Waals surface area contributed by atoms with E-state index in [1.807, 2.05) is 36.1 Å². The van der Waals surface area contributed by atoms with Crippen molar-refractivity contribution in [3.05, 3.63) is 40.4 Å². The van der Waals surface area contributed by atoms with Crippen molar-refractivity contribution in [3.8, 4) is 11.8 Å². The zero-order chi connectivity index (χ0) is 19.5. The Labute approximate surface area is 171 Å². The Hall–Kier alpha value is -1.97. The van der Waals surface area contributed by atoms with E-state index in [0.717, 1.165) is 27.8 Å². The van der Waals surface area contributed by atoms with Crippen molar-refractivity contribution in [2.75, 3.05) is 19.2 Å². The highest BCUT2D eigenvalue weighted by Gasteiger charge is 2.39. The van der Waals surface area contributed by atoms with Crippen LogP contribution in [0.1, 0.15) is 56.9 Å². The molecule has 148 valence electrons. The maximum absolute atomic E-state index is 13.0. The lowest BCUT2D eigenvalue weighted by molar-refractivity contribution is -0.132. The number of thioether (sulfide) groups is 1. The summed E-state index contributed by atoms with van der Waals surface area (Å²) in [5.74, 6) is 1.65. The maximum Gasteiger partial charge on any atom is 0.229 e. The molecule has 1 saturated carbocycles. The van der Waals surface area contributed by atoms with Crippen molar-refractivity contribution in [1.29, 1.82) is 5.26 Å². The summed E-state index contributed by atoms with van der Waals surface area (Å²) >= 11 is 1.66. The van der Waals surface area contributed by atoms with Gasteiger partial charge in [-0.2, -0.15) is 5.26 Å². The third-order valence-electron chi connectivity index (χ3n) is 6.00. The van der Waals surface area contributed by atoms with Gasteiger partial charge in [-0.1, -0.05) is 43.2 Å². The molecule has 2 heterocycles. The molecular weight excluding hydrogens is 370 g/mol. The predicted molar refractivity (Wildman–Crippen MR) is 110 cm³/mol. The third kappa shape index (κ3) is 3.78. The summed E-state index contributed by atoms with van der Waals surface area (Å²) in [7, 11) is 0. The molecule has 0 spiro atoms. The van der Waals surface area contributed by atoms with Crippen LogP contribution in [0.4, 0.5) is 0 Å². The summed E-state index contributed by atoms with van der Waals surface area (Å²) in [5.41, 5.74) is 1.74. The Kier molecular flexibility index (Phi) is 5.93. The van der Waals surface area contributed by atoms with Crippen molar-refractivity contribution in [2.24, 2.45) is 0 Å². The number of nitriles is 1. The largest absolute Gasteiger partial charge is 0.494 e. The molecule has 0 bridgehead atoms. The summed E-state index contributed by atoms with van der Waals surface area (Å²) in [6.07, 6.45) is 6.70. The van der Waals surface area contributed by atoms with Crippen LogP contribution in [0, 0.1) is 11.3 Å². The van der Waals surface area contributed by atoms with Gasteiger partial charge < -0.3 is 4.74 Å². The van der Waals surface area contributed by atoms with Crippen LogP contribution in [0.15, 0.2) is 34.9 Å². The van der Waals surface area contributed by atoms with Gasteiger partial charge in [0.2, 0.25) is 5.91 Å². The number of hydrogen-bond donors (Lipinski definition) is 0. The molecule has 2 fully saturated rings. The summed E-state index contributed by atoms with van der Waals surface area (Å²) in [6, 6.07) is 10.8. The minimum atomic E-state index is -0.159. The second kappa shape index (κ2) is 8.59. The summed E-state index contributed by atoms with van der Waals surface area (Å²) in [4.78, 5) is 17.3. The van der Waals surface area contributed by atoms with Crippen molar-refractivity contribution in [2.45, 2.75) is 57.4 Å². The van der Waals surface area contributed by atoms with Crippen LogP contribution in [0.3, 0.4) is 0 Å². The molecule has 1 aromatic rings. The number of benzene rings is 1. The molecule has 2 aliphatic heterocycles. The summed E-state index contributed by atoms with van der Waals surface area (Å²) in [6.45, 7) is 3.21. The minimum absolute atomic E-state index is 0.126.